The number of halogens is 1. The first-order valence-electron chi connectivity index (χ1n) is 11.2. The molecule has 3 aromatic rings. The number of fused-ring (bicyclic) bond motifs is 1. The summed E-state index contributed by atoms with van der Waals surface area (Å²) in [7, 11) is 0. The van der Waals surface area contributed by atoms with E-state index < -0.39 is 0 Å². The van der Waals surface area contributed by atoms with Crippen LogP contribution in [0.15, 0.2) is 53.9 Å². The van der Waals surface area contributed by atoms with E-state index in [1.165, 1.54) is 12.1 Å². The number of benzene rings is 1. The molecule has 0 aliphatic carbocycles. The van der Waals surface area contributed by atoms with Crippen molar-refractivity contribution in [2.45, 2.75) is 38.9 Å². The zero-order chi connectivity index (χ0) is 22.1. The van der Waals surface area contributed by atoms with E-state index in [0.717, 1.165) is 60.8 Å². The van der Waals surface area contributed by atoms with Gasteiger partial charge in [0.1, 0.15) is 12.5 Å². The van der Waals surface area contributed by atoms with E-state index in [9.17, 15) is 4.39 Å². The van der Waals surface area contributed by atoms with Crippen LogP contribution in [0.4, 0.5) is 4.39 Å². The molecule has 1 aromatic carbocycles. The van der Waals surface area contributed by atoms with Gasteiger partial charge in [-0.05, 0) is 49.2 Å². The molecule has 1 fully saturated rings. The fraction of sp³-hybridized carbons (Fsp3) is 0.375. The van der Waals surface area contributed by atoms with Crippen molar-refractivity contribution in [3.8, 4) is 22.5 Å². The second-order valence-corrected chi connectivity index (χ2v) is 8.40. The number of aromatic nitrogens is 3. The number of hydrazone groups is 1. The van der Waals surface area contributed by atoms with Gasteiger partial charge in [0, 0.05) is 48.7 Å². The van der Waals surface area contributed by atoms with Crippen molar-refractivity contribution in [3.63, 3.8) is 0 Å². The number of rotatable bonds is 5. The van der Waals surface area contributed by atoms with Crippen LogP contribution in [0.3, 0.4) is 0 Å². The van der Waals surface area contributed by atoms with Gasteiger partial charge in [-0.25, -0.2) is 14.5 Å². The molecule has 2 aliphatic heterocycles. The lowest BCUT2D eigenvalue weighted by Crippen LogP contribution is -2.63. The van der Waals surface area contributed by atoms with Crippen molar-refractivity contribution in [1.82, 2.24) is 30.0 Å². The number of piperazine rings is 1. The minimum atomic E-state index is -0.259. The Bertz CT molecular complexity index is 1100. The molecule has 0 bridgehead atoms. The summed E-state index contributed by atoms with van der Waals surface area (Å²) < 4.78 is 15.7. The average molecular weight is 434 g/mol. The van der Waals surface area contributed by atoms with Crippen molar-refractivity contribution in [3.05, 3.63) is 60.4 Å². The van der Waals surface area contributed by atoms with Gasteiger partial charge in [0.2, 0.25) is 0 Å². The molecule has 0 atom stereocenters. The Hall–Kier alpha value is -3.10. The van der Waals surface area contributed by atoms with Crippen molar-refractivity contribution in [2.75, 3.05) is 19.6 Å². The minimum Gasteiger partial charge on any atom is -0.309 e. The van der Waals surface area contributed by atoms with E-state index in [1.807, 2.05) is 18.3 Å². The van der Waals surface area contributed by atoms with Gasteiger partial charge in [-0.2, -0.15) is 10.1 Å². The largest absolute Gasteiger partial charge is 0.309 e. The van der Waals surface area contributed by atoms with Gasteiger partial charge >= 0.3 is 0 Å². The molecule has 0 saturated carbocycles. The Morgan fingerprint density at radius 3 is 2.50 bits per heavy atom. The summed E-state index contributed by atoms with van der Waals surface area (Å²) in [5, 5.41) is 12.8. The maximum atomic E-state index is 13.6. The molecule has 1 saturated heterocycles. The molecule has 2 aliphatic rings. The lowest BCUT2D eigenvalue weighted by Gasteiger charge is -2.46. The molecule has 7 nitrogen and oxygen atoms in total. The smallest absolute Gasteiger partial charge is 0.155 e. The highest BCUT2D eigenvalue weighted by atomic mass is 19.1. The number of imidazole rings is 1. The Kier molecular flexibility index (Phi) is 5.48. The fourth-order valence-electron chi connectivity index (χ4n) is 4.62. The molecule has 4 heterocycles. The third-order valence-corrected chi connectivity index (χ3v) is 6.68. The van der Waals surface area contributed by atoms with Crippen LogP contribution in [-0.4, -0.2) is 56.0 Å². The Morgan fingerprint density at radius 1 is 1.03 bits per heavy atom. The first-order valence-corrected chi connectivity index (χ1v) is 11.2. The minimum absolute atomic E-state index is 0.107. The van der Waals surface area contributed by atoms with E-state index in [-0.39, 0.29) is 11.4 Å². The lowest BCUT2D eigenvalue weighted by atomic mass is 9.91. The average Bonchev–Trinajstić information content (AvgIpc) is 3.23. The summed E-state index contributed by atoms with van der Waals surface area (Å²) in [6.07, 6.45) is 7.54. The maximum absolute atomic E-state index is 13.6. The number of nitrogens with zero attached hydrogens (tertiary/aromatic N) is 6. The van der Waals surface area contributed by atoms with E-state index in [4.69, 9.17) is 10.1 Å². The van der Waals surface area contributed by atoms with E-state index in [1.54, 1.807) is 24.5 Å². The molecule has 0 unspecified atom stereocenters. The van der Waals surface area contributed by atoms with Crippen molar-refractivity contribution in [2.24, 2.45) is 5.10 Å². The highest BCUT2D eigenvalue weighted by molar-refractivity contribution is 5.85. The summed E-state index contributed by atoms with van der Waals surface area (Å²) in [4.78, 5) is 9.05. The third-order valence-electron chi connectivity index (χ3n) is 6.68. The summed E-state index contributed by atoms with van der Waals surface area (Å²) >= 11 is 0. The predicted octanol–water partition coefficient (Wildman–Crippen LogP) is 3.74. The fourth-order valence-corrected chi connectivity index (χ4v) is 4.62. The Morgan fingerprint density at radius 2 is 1.78 bits per heavy atom. The van der Waals surface area contributed by atoms with Gasteiger partial charge in [-0.15, -0.1) is 0 Å². The molecule has 0 radical (unpaired) electrons. The lowest BCUT2D eigenvalue weighted by molar-refractivity contribution is -0.0870. The summed E-state index contributed by atoms with van der Waals surface area (Å²) in [6, 6.07) is 10.5. The summed E-state index contributed by atoms with van der Waals surface area (Å²) in [5.74, 6) is 0.532. The quantitative estimate of drug-likeness (QED) is 0.664. The monoisotopic (exact) mass is 433 g/mol. The molecule has 8 heteroatoms. The molecule has 5 rings (SSSR count). The second kappa shape index (κ2) is 8.44. The van der Waals surface area contributed by atoms with Gasteiger partial charge in [0.15, 0.2) is 5.82 Å². The SMILES string of the molecule is CCC1(CC)CN(N2Cn3c(nc(-c4ccc(F)cc4)c3-c3ccncc3)C=N2)CCN1. The number of hydrogen-bond donors (Lipinski definition) is 1. The number of hydrogen-bond acceptors (Lipinski definition) is 6. The van der Waals surface area contributed by atoms with E-state index in [2.05, 4.69) is 38.8 Å². The van der Waals surface area contributed by atoms with Crippen molar-refractivity contribution >= 4 is 6.21 Å². The van der Waals surface area contributed by atoms with Crippen LogP contribution in [0.25, 0.3) is 22.5 Å². The Balaban J connectivity index is 1.53. The molecular formula is C24H28FN7. The van der Waals surface area contributed by atoms with Crippen LogP contribution in [-0.2, 0) is 6.67 Å². The van der Waals surface area contributed by atoms with Gasteiger partial charge in [0.05, 0.1) is 17.6 Å². The van der Waals surface area contributed by atoms with Crippen LogP contribution < -0.4 is 5.32 Å². The van der Waals surface area contributed by atoms with Crippen LogP contribution in [0.5, 0.6) is 0 Å². The standard InChI is InChI=1S/C24H28FN7/c1-3-24(4-2)16-30(14-13-27-24)32-17-31-21(15-28-32)29-22(18-5-7-20(25)8-6-18)23(31)19-9-11-26-12-10-19/h5-12,15,27H,3-4,13-14,16-17H2,1-2H3. The van der Waals surface area contributed by atoms with E-state index >= 15 is 0 Å². The first kappa shape index (κ1) is 20.8. The highest BCUT2D eigenvalue weighted by Crippen LogP contribution is 2.34. The molecule has 2 aromatic heterocycles. The van der Waals surface area contributed by atoms with Crippen LogP contribution in [0, 0.1) is 5.82 Å². The molecular weight excluding hydrogens is 405 g/mol. The summed E-state index contributed by atoms with van der Waals surface area (Å²) in [5.41, 5.74) is 3.80. The zero-order valence-electron chi connectivity index (χ0n) is 18.5. The molecule has 0 spiro atoms. The van der Waals surface area contributed by atoms with Crippen LogP contribution in [0.1, 0.15) is 32.5 Å². The Labute approximate surface area is 187 Å². The van der Waals surface area contributed by atoms with Gasteiger partial charge in [-0.3, -0.25) is 4.98 Å². The number of hydrazine groups is 1. The maximum Gasteiger partial charge on any atom is 0.155 e. The highest BCUT2D eigenvalue weighted by Gasteiger charge is 2.35. The van der Waals surface area contributed by atoms with Crippen LogP contribution in [0.2, 0.25) is 0 Å². The predicted molar refractivity (Wildman–Crippen MR) is 123 cm³/mol. The second-order valence-electron chi connectivity index (χ2n) is 8.40. The number of nitrogens with one attached hydrogen (secondary N) is 1. The van der Waals surface area contributed by atoms with Gasteiger partial charge in [-0.1, -0.05) is 13.8 Å². The van der Waals surface area contributed by atoms with Gasteiger partial charge in [0.25, 0.3) is 0 Å². The third kappa shape index (κ3) is 3.69. The molecule has 166 valence electrons. The number of pyridine rings is 1. The zero-order valence-corrected chi connectivity index (χ0v) is 18.5. The van der Waals surface area contributed by atoms with Gasteiger partial charge < -0.3 is 9.88 Å². The topological polar surface area (TPSA) is 61.6 Å². The molecule has 0 amide bonds. The first-order chi connectivity index (χ1) is 15.6. The molecule has 1 N–H and O–H groups in total. The van der Waals surface area contributed by atoms with Crippen molar-refractivity contribution < 1.29 is 4.39 Å². The summed E-state index contributed by atoms with van der Waals surface area (Å²) in [6.45, 7) is 7.80. The van der Waals surface area contributed by atoms with Crippen LogP contribution >= 0.6 is 0 Å². The normalized spacial score (nSPS) is 18.0. The molecule has 32 heavy (non-hydrogen) atoms. The van der Waals surface area contributed by atoms with Crippen molar-refractivity contribution in [1.29, 1.82) is 0 Å². The van der Waals surface area contributed by atoms with E-state index in [0.29, 0.717) is 6.67 Å².